The van der Waals surface area contributed by atoms with Gasteiger partial charge in [-0.3, -0.25) is 4.79 Å². The first-order valence-electron chi connectivity index (χ1n) is 8.69. The summed E-state index contributed by atoms with van der Waals surface area (Å²) < 4.78 is 0.801. The molecule has 1 saturated heterocycles. The van der Waals surface area contributed by atoms with E-state index in [9.17, 15) is 14.7 Å². The van der Waals surface area contributed by atoms with Crippen molar-refractivity contribution in [2.24, 2.45) is 11.1 Å². The summed E-state index contributed by atoms with van der Waals surface area (Å²) in [5.74, 6) is -0.253. The summed E-state index contributed by atoms with van der Waals surface area (Å²) in [6.45, 7) is 6.73. The zero-order chi connectivity index (χ0) is 19.2. The summed E-state index contributed by atoms with van der Waals surface area (Å²) in [6, 6.07) is 3.64. The third-order valence-corrected chi connectivity index (χ3v) is 5.80. The highest BCUT2D eigenvalue weighted by atomic mass is 79.9. The molecule has 2 amide bonds. The number of aromatic amines is 1. The van der Waals surface area contributed by atoms with E-state index in [1.54, 1.807) is 11.0 Å². The molecule has 0 radical (unpaired) electrons. The maximum atomic E-state index is 11.8. The summed E-state index contributed by atoms with van der Waals surface area (Å²) in [5, 5.41) is 10.5. The molecule has 140 valence electrons. The Balaban J connectivity index is 2.02. The number of carboxylic acid groups (broad SMARTS) is 1. The van der Waals surface area contributed by atoms with Crippen LogP contribution in [0.3, 0.4) is 0 Å². The first-order chi connectivity index (χ1) is 12.1. The third kappa shape index (κ3) is 3.32. The topological polar surface area (TPSA) is 99.4 Å². The number of nitrogens with one attached hydrogen (secondary N) is 1. The maximum Gasteiger partial charge on any atom is 0.407 e. The molecule has 0 spiro atoms. The lowest BCUT2D eigenvalue weighted by molar-refractivity contribution is 0.0527. The second-order valence-electron chi connectivity index (χ2n) is 8.06. The minimum Gasteiger partial charge on any atom is -0.465 e. The van der Waals surface area contributed by atoms with Crippen LogP contribution in [-0.4, -0.2) is 39.6 Å². The van der Waals surface area contributed by atoms with E-state index in [0.717, 1.165) is 33.8 Å². The van der Waals surface area contributed by atoms with Gasteiger partial charge in [-0.05, 0) is 41.9 Å². The number of benzene rings is 1. The fraction of sp³-hybridized carbons (Fsp3) is 0.474. The third-order valence-electron chi connectivity index (χ3n) is 5.34. The fourth-order valence-corrected chi connectivity index (χ4v) is 4.51. The summed E-state index contributed by atoms with van der Waals surface area (Å²) in [7, 11) is 0. The molecule has 7 heteroatoms. The number of fused-ring (bicyclic) bond motifs is 1. The van der Waals surface area contributed by atoms with E-state index >= 15 is 0 Å². The van der Waals surface area contributed by atoms with Gasteiger partial charge in [-0.1, -0.05) is 36.7 Å². The molecule has 6 nitrogen and oxygen atoms in total. The Morgan fingerprint density at radius 3 is 2.62 bits per heavy atom. The zero-order valence-corrected chi connectivity index (χ0v) is 16.8. The lowest BCUT2D eigenvalue weighted by Crippen LogP contribution is -2.51. The molecule has 2 aromatic rings. The van der Waals surface area contributed by atoms with E-state index in [-0.39, 0.29) is 17.4 Å². The van der Waals surface area contributed by atoms with Crippen LogP contribution in [0.1, 0.15) is 55.5 Å². The van der Waals surface area contributed by atoms with E-state index in [1.807, 2.05) is 12.3 Å². The van der Waals surface area contributed by atoms with E-state index in [2.05, 4.69) is 41.7 Å². The van der Waals surface area contributed by atoms with E-state index in [4.69, 9.17) is 5.73 Å². The SMILES string of the molecule is CC(C)(C)C1CC(c2c[nH]c3c(C(N)=O)cc(Br)cc23)CCN1C(=O)O. The number of halogens is 1. The first kappa shape index (κ1) is 18.8. The quantitative estimate of drug-likeness (QED) is 0.673. The molecule has 1 aromatic carbocycles. The summed E-state index contributed by atoms with van der Waals surface area (Å²) >= 11 is 3.46. The standard InChI is InChI=1S/C19H24BrN3O3/c1-19(2,3)15-6-10(4-5-23(15)18(25)26)14-9-22-16-12(14)7-11(20)8-13(16)17(21)24/h7-10,15,22H,4-6H2,1-3H3,(H2,21,24)(H,25,26). The molecular formula is C19H24BrN3O3. The predicted molar refractivity (Wildman–Crippen MR) is 104 cm³/mol. The van der Waals surface area contributed by atoms with Gasteiger partial charge < -0.3 is 20.7 Å². The Morgan fingerprint density at radius 2 is 2.04 bits per heavy atom. The molecule has 1 aliphatic heterocycles. The Hall–Kier alpha value is -2.02. The number of hydrogen-bond acceptors (Lipinski definition) is 2. The number of aromatic nitrogens is 1. The van der Waals surface area contributed by atoms with Gasteiger partial charge in [0.1, 0.15) is 0 Å². The molecule has 26 heavy (non-hydrogen) atoms. The molecular weight excluding hydrogens is 398 g/mol. The van der Waals surface area contributed by atoms with Crippen LogP contribution in [0.5, 0.6) is 0 Å². The molecule has 3 rings (SSSR count). The predicted octanol–water partition coefficient (Wildman–Crippen LogP) is 4.30. The number of hydrogen-bond donors (Lipinski definition) is 3. The van der Waals surface area contributed by atoms with Gasteiger partial charge >= 0.3 is 6.09 Å². The van der Waals surface area contributed by atoms with Gasteiger partial charge in [-0.15, -0.1) is 0 Å². The minimum absolute atomic E-state index is 0.0635. The highest BCUT2D eigenvalue weighted by Crippen LogP contribution is 2.41. The van der Waals surface area contributed by atoms with Crippen molar-refractivity contribution in [1.82, 2.24) is 9.88 Å². The number of amides is 2. The number of carbonyl (C=O) groups excluding carboxylic acids is 1. The second-order valence-corrected chi connectivity index (χ2v) is 8.98. The van der Waals surface area contributed by atoms with E-state index in [0.29, 0.717) is 12.1 Å². The van der Waals surface area contributed by atoms with Crippen LogP contribution in [0.2, 0.25) is 0 Å². The summed E-state index contributed by atoms with van der Waals surface area (Å²) in [6.07, 6.45) is 2.58. The maximum absolute atomic E-state index is 11.8. The minimum atomic E-state index is -0.860. The molecule has 0 bridgehead atoms. The fourth-order valence-electron chi connectivity index (χ4n) is 4.05. The number of likely N-dealkylation sites (tertiary alicyclic amines) is 1. The molecule has 2 unspecified atom stereocenters. The lowest BCUT2D eigenvalue weighted by Gasteiger charge is -2.44. The number of carbonyl (C=O) groups is 2. The summed E-state index contributed by atoms with van der Waals surface area (Å²) in [5.41, 5.74) is 7.67. The first-order valence-corrected chi connectivity index (χ1v) is 9.48. The molecule has 4 N–H and O–H groups in total. The molecule has 0 aliphatic carbocycles. The Kier molecular flexibility index (Phi) is 4.77. The second kappa shape index (κ2) is 6.61. The number of piperidine rings is 1. The number of nitrogens with two attached hydrogens (primary N) is 1. The van der Waals surface area contributed by atoms with Crippen LogP contribution in [-0.2, 0) is 0 Å². The summed E-state index contributed by atoms with van der Waals surface area (Å²) in [4.78, 5) is 28.2. The van der Waals surface area contributed by atoms with Crippen molar-refractivity contribution in [3.8, 4) is 0 Å². The molecule has 0 saturated carbocycles. The van der Waals surface area contributed by atoms with Crippen molar-refractivity contribution < 1.29 is 14.7 Å². The number of primary amides is 1. The number of nitrogens with zero attached hydrogens (tertiary/aromatic N) is 1. The van der Waals surface area contributed by atoms with Crippen molar-refractivity contribution in [2.75, 3.05) is 6.54 Å². The van der Waals surface area contributed by atoms with E-state index < -0.39 is 12.0 Å². The molecule has 1 fully saturated rings. The van der Waals surface area contributed by atoms with Crippen LogP contribution in [0, 0.1) is 5.41 Å². The van der Waals surface area contributed by atoms with Gasteiger partial charge in [0.2, 0.25) is 0 Å². The highest BCUT2D eigenvalue weighted by molar-refractivity contribution is 9.10. The van der Waals surface area contributed by atoms with Crippen LogP contribution in [0.4, 0.5) is 4.79 Å². The van der Waals surface area contributed by atoms with Crippen molar-refractivity contribution >= 4 is 38.8 Å². The number of H-pyrrole nitrogens is 1. The zero-order valence-electron chi connectivity index (χ0n) is 15.2. The van der Waals surface area contributed by atoms with Gasteiger partial charge in [-0.25, -0.2) is 4.79 Å². The number of rotatable bonds is 2. The Morgan fingerprint density at radius 1 is 1.35 bits per heavy atom. The monoisotopic (exact) mass is 421 g/mol. The van der Waals surface area contributed by atoms with Crippen molar-refractivity contribution in [2.45, 2.75) is 45.6 Å². The molecule has 2 atom stereocenters. The van der Waals surface area contributed by atoms with Gasteiger partial charge in [0.05, 0.1) is 11.1 Å². The van der Waals surface area contributed by atoms with Crippen LogP contribution in [0.15, 0.2) is 22.8 Å². The van der Waals surface area contributed by atoms with Gasteiger partial charge in [0, 0.05) is 28.6 Å². The average molecular weight is 422 g/mol. The van der Waals surface area contributed by atoms with Crippen molar-refractivity contribution in [3.63, 3.8) is 0 Å². The molecule has 1 aliphatic rings. The lowest BCUT2D eigenvalue weighted by atomic mass is 9.75. The van der Waals surface area contributed by atoms with Crippen LogP contribution in [0.25, 0.3) is 10.9 Å². The van der Waals surface area contributed by atoms with Crippen molar-refractivity contribution in [3.05, 3.63) is 33.9 Å². The van der Waals surface area contributed by atoms with Crippen LogP contribution < -0.4 is 5.73 Å². The van der Waals surface area contributed by atoms with Gasteiger partial charge in [0.15, 0.2) is 0 Å². The van der Waals surface area contributed by atoms with Gasteiger partial charge in [-0.2, -0.15) is 0 Å². The normalized spacial score (nSPS) is 21.2. The van der Waals surface area contributed by atoms with Gasteiger partial charge in [0.25, 0.3) is 5.91 Å². The average Bonchev–Trinajstić information content (AvgIpc) is 2.96. The van der Waals surface area contributed by atoms with Crippen molar-refractivity contribution in [1.29, 1.82) is 0 Å². The Labute approximate surface area is 160 Å². The highest BCUT2D eigenvalue weighted by Gasteiger charge is 2.39. The molecule has 1 aromatic heterocycles. The van der Waals surface area contributed by atoms with Crippen LogP contribution >= 0.6 is 15.9 Å². The molecule has 2 heterocycles. The van der Waals surface area contributed by atoms with E-state index in [1.165, 1.54) is 0 Å². The smallest absolute Gasteiger partial charge is 0.407 e. The largest absolute Gasteiger partial charge is 0.465 e. The Bertz CT molecular complexity index is 869.